The highest BCUT2D eigenvalue weighted by Crippen LogP contribution is 2.18. The van der Waals surface area contributed by atoms with Gasteiger partial charge in [0.15, 0.2) is 0 Å². The quantitative estimate of drug-likeness (QED) is 0.726. The Bertz CT molecular complexity index is 613. The number of aromatic nitrogens is 4. The molecule has 0 radical (unpaired) electrons. The summed E-state index contributed by atoms with van der Waals surface area (Å²) in [6, 6.07) is 1.91. The Morgan fingerprint density at radius 2 is 2.38 bits per heavy atom. The first-order valence-corrected chi connectivity index (χ1v) is 5.71. The van der Waals surface area contributed by atoms with Crippen molar-refractivity contribution in [2.24, 2.45) is 0 Å². The number of imidazole rings is 1. The van der Waals surface area contributed by atoms with E-state index < -0.39 is 0 Å². The second kappa shape index (κ2) is 3.57. The number of nitrogens with zero attached hydrogens (tertiary/aromatic N) is 4. The molecule has 16 heavy (non-hydrogen) atoms. The number of pyridine rings is 1. The van der Waals surface area contributed by atoms with Gasteiger partial charge < -0.3 is 10.3 Å². The Morgan fingerprint density at radius 1 is 1.44 bits per heavy atom. The highest BCUT2D eigenvalue weighted by molar-refractivity contribution is 7.07. The van der Waals surface area contributed by atoms with Crippen LogP contribution in [0.2, 0.25) is 0 Å². The van der Waals surface area contributed by atoms with Crippen LogP contribution in [-0.4, -0.2) is 19.5 Å². The van der Waals surface area contributed by atoms with Crippen LogP contribution in [0.4, 0.5) is 5.95 Å². The van der Waals surface area contributed by atoms with Crippen LogP contribution in [0.3, 0.4) is 0 Å². The third-order valence-corrected chi connectivity index (χ3v) is 3.02. The molecule has 0 bridgehead atoms. The fourth-order valence-electron chi connectivity index (χ4n) is 1.64. The number of hydrogen-bond donors (Lipinski definition) is 1. The van der Waals surface area contributed by atoms with Gasteiger partial charge in [0.1, 0.15) is 5.52 Å². The molecule has 0 aliphatic carbocycles. The zero-order chi connectivity index (χ0) is 11.0. The lowest BCUT2D eigenvalue weighted by molar-refractivity contribution is 0.816. The molecule has 3 rings (SSSR count). The molecule has 0 aromatic carbocycles. The first-order chi connectivity index (χ1) is 7.84. The van der Waals surface area contributed by atoms with Gasteiger partial charge in [-0.2, -0.15) is 0 Å². The van der Waals surface area contributed by atoms with Gasteiger partial charge in [-0.15, -0.1) is 11.3 Å². The summed E-state index contributed by atoms with van der Waals surface area (Å²) in [5.41, 5.74) is 10.5. The standard InChI is InChI=1S/C10H9N5S/c11-10-14-8-3-12-2-1-9(8)15(10)4-7-5-16-6-13-7/h1-3,5-6H,4H2,(H2,11,14). The summed E-state index contributed by atoms with van der Waals surface area (Å²) in [5.74, 6) is 0.496. The minimum absolute atomic E-state index is 0.496. The SMILES string of the molecule is Nc1nc2cnccc2n1Cc1cscn1. The molecule has 0 fully saturated rings. The van der Waals surface area contributed by atoms with Crippen molar-refractivity contribution in [1.82, 2.24) is 19.5 Å². The van der Waals surface area contributed by atoms with Gasteiger partial charge in [0.2, 0.25) is 5.95 Å². The third kappa shape index (κ3) is 1.43. The molecule has 3 aromatic rings. The van der Waals surface area contributed by atoms with Gasteiger partial charge in [-0.25, -0.2) is 9.97 Å². The van der Waals surface area contributed by atoms with Crippen molar-refractivity contribution in [1.29, 1.82) is 0 Å². The van der Waals surface area contributed by atoms with E-state index >= 15 is 0 Å². The van der Waals surface area contributed by atoms with Crippen LogP contribution in [0.25, 0.3) is 11.0 Å². The van der Waals surface area contributed by atoms with Crippen molar-refractivity contribution >= 4 is 28.3 Å². The van der Waals surface area contributed by atoms with Gasteiger partial charge in [0.25, 0.3) is 0 Å². The predicted octanol–water partition coefficient (Wildman–Crippen LogP) is 1.52. The van der Waals surface area contributed by atoms with Crippen molar-refractivity contribution in [2.75, 3.05) is 5.73 Å². The predicted molar refractivity (Wildman–Crippen MR) is 63.2 cm³/mol. The molecule has 0 saturated heterocycles. The topological polar surface area (TPSA) is 69.6 Å². The van der Waals surface area contributed by atoms with Crippen LogP contribution in [0.15, 0.2) is 29.4 Å². The van der Waals surface area contributed by atoms with E-state index in [1.54, 1.807) is 23.7 Å². The highest BCUT2D eigenvalue weighted by Gasteiger charge is 2.08. The molecule has 0 atom stereocenters. The maximum atomic E-state index is 5.87. The van der Waals surface area contributed by atoms with Crippen LogP contribution in [0, 0.1) is 0 Å². The van der Waals surface area contributed by atoms with Crippen molar-refractivity contribution in [3.63, 3.8) is 0 Å². The molecule has 0 aliphatic heterocycles. The molecule has 0 saturated carbocycles. The number of nitrogens with two attached hydrogens (primary N) is 1. The van der Waals surface area contributed by atoms with E-state index in [0.717, 1.165) is 16.7 Å². The number of nitrogen functional groups attached to an aromatic ring is 1. The Morgan fingerprint density at radius 3 is 3.19 bits per heavy atom. The molecule has 6 heteroatoms. The van der Waals surface area contributed by atoms with Gasteiger partial charge in [-0.05, 0) is 6.07 Å². The molecular formula is C10H9N5S. The Labute approximate surface area is 95.6 Å². The Kier molecular flexibility index (Phi) is 2.07. The van der Waals surface area contributed by atoms with E-state index in [1.165, 1.54) is 0 Å². The van der Waals surface area contributed by atoms with Crippen LogP contribution < -0.4 is 5.73 Å². The molecule has 5 nitrogen and oxygen atoms in total. The fourth-order valence-corrected chi connectivity index (χ4v) is 2.19. The third-order valence-electron chi connectivity index (χ3n) is 2.38. The summed E-state index contributed by atoms with van der Waals surface area (Å²) >= 11 is 1.57. The minimum Gasteiger partial charge on any atom is -0.369 e. The first kappa shape index (κ1) is 9.29. The minimum atomic E-state index is 0.496. The molecule has 0 amide bonds. The summed E-state index contributed by atoms with van der Waals surface area (Å²) in [6.45, 7) is 0.649. The maximum absolute atomic E-state index is 5.87. The Hall–Kier alpha value is -1.95. The second-order valence-corrected chi connectivity index (χ2v) is 4.12. The summed E-state index contributed by atoms with van der Waals surface area (Å²) in [6.07, 6.45) is 3.45. The van der Waals surface area contributed by atoms with Crippen LogP contribution in [0.1, 0.15) is 5.69 Å². The van der Waals surface area contributed by atoms with Crippen LogP contribution in [-0.2, 0) is 6.54 Å². The number of rotatable bonds is 2. The summed E-state index contributed by atoms with van der Waals surface area (Å²) in [5, 5.41) is 2.01. The van der Waals surface area contributed by atoms with Crippen molar-refractivity contribution < 1.29 is 0 Å². The summed E-state index contributed by atoms with van der Waals surface area (Å²) in [7, 11) is 0. The normalized spacial score (nSPS) is 11.0. The highest BCUT2D eigenvalue weighted by atomic mass is 32.1. The number of hydrogen-bond acceptors (Lipinski definition) is 5. The molecular weight excluding hydrogens is 222 g/mol. The number of anilines is 1. The fraction of sp³-hybridized carbons (Fsp3) is 0.100. The van der Waals surface area contributed by atoms with E-state index in [1.807, 2.05) is 21.5 Å². The van der Waals surface area contributed by atoms with E-state index in [0.29, 0.717) is 12.5 Å². The van der Waals surface area contributed by atoms with E-state index in [2.05, 4.69) is 15.0 Å². The number of thiazole rings is 1. The van der Waals surface area contributed by atoms with Crippen molar-refractivity contribution in [2.45, 2.75) is 6.54 Å². The molecule has 3 heterocycles. The molecule has 2 N–H and O–H groups in total. The average molecular weight is 231 g/mol. The van der Waals surface area contributed by atoms with E-state index in [9.17, 15) is 0 Å². The molecule has 0 aliphatic rings. The van der Waals surface area contributed by atoms with Crippen LogP contribution in [0.5, 0.6) is 0 Å². The lowest BCUT2D eigenvalue weighted by atomic mass is 10.4. The van der Waals surface area contributed by atoms with Crippen molar-refractivity contribution in [3.05, 3.63) is 35.0 Å². The van der Waals surface area contributed by atoms with Gasteiger partial charge in [-0.3, -0.25) is 4.98 Å². The molecule has 0 spiro atoms. The van der Waals surface area contributed by atoms with E-state index in [-0.39, 0.29) is 0 Å². The second-order valence-electron chi connectivity index (χ2n) is 3.40. The lowest BCUT2D eigenvalue weighted by Gasteiger charge is -2.03. The van der Waals surface area contributed by atoms with Gasteiger partial charge in [0.05, 0.1) is 29.5 Å². The van der Waals surface area contributed by atoms with Gasteiger partial charge in [-0.1, -0.05) is 0 Å². The molecule has 0 unspecified atom stereocenters. The smallest absolute Gasteiger partial charge is 0.201 e. The zero-order valence-electron chi connectivity index (χ0n) is 8.37. The largest absolute Gasteiger partial charge is 0.369 e. The number of fused-ring (bicyclic) bond motifs is 1. The Balaban J connectivity index is 2.12. The van der Waals surface area contributed by atoms with Crippen LogP contribution >= 0.6 is 11.3 Å². The van der Waals surface area contributed by atoms with E-state index in [4.69, 9.17) is 5.73 Å². The molecule has 80 valence electrons. The lowest BCUT2D eigenvalue weighted by Crippen LogP contribution is -2.04. The zero-order valence-corrected chi connectivity index (χ0v) is 9.18. The summed E-state index contributed by atoms with van der Waals surface area (Å²) in [4.78, 5) is 12.5. The maximum Gasteiger partial charge on any atom is 0.201 e. The first-order valence-electron chi connectivity index (χ1n) is 4.77. The van der Waals surface area contributed by atoms with Gasteiger partial charge >= 0.3 is 0 Å². The molecule has 3 aromatic heterocycles. The van der Waals surface area contributed by atoms with Gasteiger partial charge in [0, 0.05) is 11.6 Å². The average Bonchev–Trinajstić information content (AvgIpc) is 2.89. The van der Waals surface area contributed by atoms with Crippen molar-refractivity contribution in [3.8, 4) is 0 Å². The summed E-state index contributed by atoms with van der Waals surface area (Å²) < 4.78 is 1.94. The monoisotopic (exact) mass is 231 g/mol.